The summed E-state index contributed by atoms with van der Waals surface area (Å²) in [5.74, 6) is -0.548. The fourth-order valence-corrected chi connectivity index (χ4v) is 3.93. The molecule has 0 spiro atoms. The second kappa shape index (κ2) is 9.19. The molecule has 0 atom stereocenters. The van der Waals surface area contributed by atoms with Gasteiger partial charge in [-0.05, 0) is 70.0 Å². The fraction of sp³-hybridized carbons (Fsp3) is 0.308. The minimum atomic E-state index is -0.455. The second-order valence-electron chi connectivity index (χ2n) is 9.69. The molecule has 0 bridgehead atoms. The molecular weight excluding hydrogens is 466 g/mol. The van der Waals surface area contributed by atoms with Gasteiger partial charge in [0.2, 0.25) is 0 Å². The smallest absolute Gasteiger partial charge is 0.291 e. The summed E-state index contributed by atoms with van der Waals surface area (Å²) in [5, 5.41) is 11.5. The number of carbonyl (C=O) groups excluding carboxylic acids is 2. The van der Waals surface area contributed by atoms with Crippen LogP contribution in [0, 0.1) is 6.92 Å². The van der Waals surface area contributed by atoms with Gasteiger partial charge in [-0.2, -0.15) is 5.10 Å². The molecule has 9 heteroatoms. The largest absolute Gasteiger partial charge is 0.459 e. The molecule has 0 unspecified atom stereocenters. The van der Waals surface area contributed by atoms with Crippen LogP contribution in [0.2, 0.25) is 5.02 Å². The Balaban J connectivity index is 1.77. The van der Waals surface area contributed by atoms with Crippen LogP contribution in [0.1, 0.15) is 72.8 Å². The van der Waals surface area contributed by atoms with Gasteiger partial charge < -0.3 is 15.1 Å². The van der Waals surface area contributed by atoms with Crippen molar-refractivity contribution in [3.63, 3.8) is 0 Å². The van der Waals surface area contributed by atoms with Crippen LogP contribution in [-0.2, 0) is 5.54 Å². The van der Waals surface area contributed by atoms with E-state index in [0.29, 0.717) is 38.7 Å². The average Bonchev–Trinajstić information content (AvgIpc) is 3.43. The average molecular weight is 494 g/mol. The fourth-order valence-electron chi connectivity index (χ4n) is 3.76. The number of aromatic nitrogens is 3. The van der Waals surface area contributed by atoms with E-state index in [4.69, 9.17) is 26.1 Å². The van der Waals surface area contributed by atoms with Crippen LogP contribution >= 0.6 is 11.6 Å². The van der Waals surface area contributed by atoms with Gasteiger partial charge in [-0.3, -0.25) is 9.59 Å². The van der Waals surface area contributed by atoms with Crippen LogP contribution in [-0.4, -0.2) is 26.6 Å². The third-order valence-corrected chi connectivity index (χ3v) is 5.76. The van der Waals surface area contributed by atoms with Crippen LogP contribution in [0.4, 0.5) is 11.4 Å². The van der Waals surface area contributed by atoms with Gasteiger partial charge in [0.15, 0.2) is 11.4 Å². The van der Waals surface area contributed by atoms with Gasteiger partial charge in [-0.1, -0.05) is 25.4 Å². The number of hydrogen-bond donors (Lipinski definition) is 2. The Kier molecular flexibility index (Phi) is 6.42. The molecule has 2 N–H and O–H groups in total. The number of nitrogens with one attached hydrogen (secondary N) is 2. The molecule has 0 aliphatic heterocycles. The minimum absolute atomic E-state index is 0.105. The lowest BCUT2D eigenvalue weighted by Gasteiger charge is -2.20. The number of nitrogens with zero attached hydrogens (tertiary/aromatic N) is 3. The topological polar surface area (TPSA) is 102 Å². The molecule has 1 aromatic carbocycles. The molecule has 0 saturated carbocycles. The van der Waals surface area contributed by atoms with Crippen molar-refractivity contribution in [2.24, 2.45) is 0 Å². The summed E-state index contributed by atoms with van der Waals surface area (Å²) in [6, 6.07) is 9.84. The number of fused-ring (bicyclic) bond motifs is 1. The molecule has 0 aliphatic carbocycles. The highest BCUT2D eigenvalue weighted by molar-refractivity contribution is 6.31. The first-order valence-electron chi connectivity index (χ1n) is 11.3. The third kappa shape index (κ3) is 4.93. The van der Waals surface area contributed by atoms with Gasteiger partial charge in [0, 0.05) is 10.7 Å². The normalized spacial score (nSPS) is 11.8. The zero-order chi connectivity index (χ0) is 25.5. The molecule has 4 rings (SSSR count). The summed E-state index contributed by atoms with van der Waals surface area (Å²) in [6.45, 7) is 12.1. The number of carbonyl (C=O) groups is 2. The highest BCUT2D eigenvalue weighted by Crippen LogP contribution is 2.31. The lowest BCUT2D eigenvalue weighted by atomic mass is 10.0. The lowest BCUT2D eigenvalue weighted by molar-refractivity contribution is 0.0993. The summed E-state index contributed by atoms with van der Waals surface area (Å²) in [4.78, 5) is 31.0. The van der Waals surface area contributed by atoms with Crippen molar-refractivity contribution < 1.29 is 14.0 Å². The molecule has 0 fully saturated rings. The Hall–Kier alpha value is -3.65. The number of halogens is 1. The van der Waals surface area contributed by atoms with E-state index in [9.17, 15) is 9.59 Å². The zero-order valence-electron chi connectivity index (χ0n) is 20.6. The Bertz CT molecular complexity index is 1420. The standard InChI is InChI=1S/C26H28ClN5O3/c1-14(2)19-13-17(22-15(3)31-32(23(22)28-19)26(4,5)6)24(33)29-18-10-9-16(27)12-20(18)30-25(34)21-8-7-11-35-21/h7-14H,1-6H3,(H,29,33)(H,30,34). The Labute approximate surface area is 208 Å². The molecule has 35 heavy (non-hydrogen) atoms. The number of anilines is 2. The molecule has 182 valence electrons. The van der Waals surface area contributed by atoms with Crippen LogP contribution in [0.5, 0.6) is 0 Å². The summed E-state index contributed by atoms with van der Waals surface area (Å²) >= 11 is 6.17. The van der Waals surface area contributed by atoms with Crippen molar-refractivity contribution in [1.29, 1.82) is 0 Å². The number of rotatable bonds is 5. The Morgan fingerprint density at radius 1 is 1.06 bits per heavy atom. The lowest BCUT2D eigenvalue weighted by Crippen LogP contribution is -2.24. The maximum absolute atomic E-state index is 13.6. The van der Waals surface area contributed by atoms with Crippen LogP contribution < -0.4 is 10.6 Å². The molecule has 0 aliphatic rings. The maximum atomic E-state index is 13.6. The van der Waals surface area contributed by atoms with Crippen LogP contribution in [0.25, 0.3) is 11.0 Å². The quantitative estimate of drug-likeness (QED) is 0.336. The van der Waals surface area contributed by atoms with Crippen molar-refractivity contribution in [1.82, 2.24) is 14.8 Å². The van der Waals surface area contributed by atoms with Crippen molar-refractivity contribution >= 4 is 45.8 Å². The number of hydrogen-bond acceptors (Lipinski definition) is 5. The summed E-state index contributed by atoms with van der Waals surface area (Å²) in [6.07, 6.45) is 1.41. The first kappa shape index (κ1) is 24.5. The van der Waals surface area contributed by atoms with Crippen molar-refractivity contribution in [2.75, 3.05) is 10.6 Å². The molecule has 3 heterocycles. The number of pyridine rings is 1. The number of benzene rings is 1. The van der Waals surface area contributed by atoms with Gasteiger partial charge in [0.25, 0.3) is 11.8 Å². The Morgan fingerprint density at radius 2 is 1.77 bits per heavy atom. The summed E-state index contributed by atoms with van der Waals surface area (Å²) in [7, 11) is 0. The molecule has 0 radical (unpaired) electrons. The number of amides is 2. The van der Waals surface area contributed by atoms with E-state index >= 15 is 0 Å². The van der Waals surface area contributed by atoms with Gasteiger partial charge in [-0.15, -0.1) is 0 Å². The van der Waals surface area contributed by atoms with Gasteiger partial charge in [-0.25, -0.2) is 9.67 Å². The van der Waals surface area contributed by atoms with E-state index in [0.717, 1.165) is 5.69 Å². The molecule has 8 nitrogen and oxygen atoms in total. The third-order valence-electron chi connectivity index (χ3n) is 5.53. The monoisotopic (exact) mass is 493 g/mol. The first-order chi connectivity index (χ1) is 16.5. The van der Waals surface area contributed by atoms with Gasteiger partial charge in [0.1, 0.15) is 0 Å². The van der Waals surface area contributed by atoms with E-state index in [1.165, 1.54) is 6.26 Å². The number of aryl methyl sites for hydroxylation is 1. The molecular formula is C26H28ClN5O3. The maximum Gasteiger partial charge on any atom is 0.291 e. The SMILES string of the molecule is Cc1nn(C(C)(C)C)c2nc(C(C)C)cc(C(=O)Nc3ccc(Cl)cc3NC(=O)c3ccco3)c12. The predicted molar refractivity (Wildman–Crippen MR) is 137 cm³/mol. The second-order valence-corrected chi connectivity index (χ2v) is 10.1. The zero-order valence-corrected chi connectivity index (χ0v) is 21.3. The highest BCUT2D eigenvalue weighted by Gasteiger charge is 2.26. The molecule has 2 amide bonds. The molecule has 4 aromatic rings. The van der Waals surface area contributed by atoms with Crippen LogP contribution in [0.15, 0.2) is 47.1 Å². The first-order valence-corrected chi connectivity index (χ1v) is 11.7. The van der Waals surface area contributed by atoms with Gasteiger partial charge in [0.05, 0.1) is 39.8 Å². The van der Waals surface area contributed by atoms with E-state index in [1.807, 2.05) is 46.2 Å². The van der Waals surface area contributed by atoms with Crippen molar-refractivity contribution in [2.45, 2.75) is 53.0 Å². The molecule has 3 aromatic heterocycles. The van der Waals surface area contributed by atoms with Gasteiger partial charge >= 0.3 is 0 Å². The van der Waals surface area contributed by atoms with E-state index in [2.05, 4.69) is 10.6 Å². The Morgan fingerprint density at radius 3 is 2.40 bits per heavy atom. The minimum Gasteiger partial charge on any atom is -0.459 e. The predicted octanol–water partition coefficient (Wildman–Crippen LogP) is 6.37. The van der Waals surface area contributed by atoms with Crippen molar-refractivity contribution in [3.8, 4) is 0 Å². The van der Waals surface area contributed by atoms with E-state index in [-0.39, 0.29) is 23.1 Å². The van der Waals surface area contributed by atoms with E-state index < -0.39 is 5.91 Å². The highest BCUT2D eigenvalue weighted by atomic mass is 35.5. The van der Waals surface area contributed by atoms with Crippen LogP contribution in [0.3, 0.4) is 0 Å². The molecule has 0 saturated heterocycles. The summed E-state index contributed by atoms with van der Waals surface area (Å²) < 4.78 is 7.02. The van der Waals surface area contributed by atoms with E-state index in [1.54, 1.807) is 36.4 Å². The summed E-state index contributed by atoms with van der Waals surface area (Å²) in [5.41, 5.74) is 3.06. The van der Waals surface area contributed by atoms with Crippen molar-refractivity contribution in [3.05, 3.63) is 70.4 Å². The number of furan rings is 1.